The highest BCUT2D eigenvalue weighted by Crippen LogP contribution is 2.50. The van der Waals surface area contributed by atoms with Gasteiger partial charge in [-0.15, -0.1) is 0 Å². The first-order chi connectivity index (χ1) is 13.7. The zero-order valence-electron chi connectivity index (χ0n) is 16.0. The lowest BCUT2D eigenvalue weighted by Gasteiger charge is -2.41. The highest BCUT2D eigenvalue weighted by molar-refractivity contribution is 5.28. The minimum absolute atomic E-state index is 0.145. The summed E-state index contributed by atoms with van der Waals surface area (Å²) in [6.07, 6.45) is 4.04. The molecule has 1 unspecified atom stereocenters. The van der Waals surface area contributed by atoms with Gasteiger partial charge in [0, 0.05) is 18.5 Å². The molecule has 3 heterocycles. The Kier molecular flexibility index (Phi) is 4.47. The van der Waals surface area contributed by atoms with Crippen LogP contribution in [-0.2, 0) is 6.42 Å². The van der Waals surface area contributed by atoms with Gasteiger partial charge in [0.2, 0.25) is 5.89 Å². The van der Waals surface area contributed by atoms with Gasteiger partial charge in [0.15, 0.2) is 5.82 Å². The highest BCUT2D eigenvalue weighted by atomic mass is 19.1. The molecule has 2 aliphatic rings. The molecule has 144 valence electrons. The maximum absolute atomic E-state index is 13.5. The first-order valence-corrected chi connectivity index (χ1v) is 10.0. The lowest BCUT2D eigenvalue weighted by Crippen LogP contribution is -2.44. The molecule has 5 rings (SSSR count). The SMILES string of the molecule is CN1C2CC[C@@H]1[C@H](c1nc(Cc3ccccc3)no1)[C@@H](c1ccc(F)cc1)C2. The van der Waals surface area contributed by atoms with Crippen molar-refractivity contribution in [2.45, 2.75) is 49.6 Å². The van der Waals surface area contributed by atoms with Crippen LogP contribution in [0.3, 0.4) is 0 Å². The van der Waals surface area contributed by atoms with Crippen LogP contribution in [0.2, 0.25) is 0 Å². The van der Waals surface area contributed by atoms with Gasteiger partial charge in [-0.25, -0.2) is 4.39 Å². The Hall–Kier alpha value is -2.53. The van der Waals surface area contributed by atoms with E-state index in [1.54, 1.807) is 12.1 Å². The van der Waals surface area contributed by atoms with Crippen LogP contribution in [0.5, 0.6) is 0 Å². The van der Waals surface area contributed by atoms with E-state index in [1.165, 1.54) is 17.5 Å². The first kappa shape index (κ1) is 17.6. The van der Waals surface area contributed by atoms with Crippen LogP contribution in [0, 0.1) is 5.82 Å². The number of piperidine rings is 1. The van der Waals surface area contributed by atoms with Crippen molar-refractivity contribution < 1.29 is 8.91 Å². The molecule has 4 atom stereocenters. The Morgan fingerprint density at radius 2 is 1.86 bits per heavy atom. The molecule has 2 bridgehead atoms. The number of hydrogen-bond donors (Lipinski definition) is 0. The van der Waals surface area contributed by atoms with Crippen molar-refractivity contribution in [1.82, 2.24) is 15.0 Å². The Morgan fingerprint density at radius 3 is 2.64 bits per heavy atom. The molecule has 28 heavy (non-hydrogen) atoms. The maximum atomic E-state index is 13.5. The van der Waals surface area contributed by atoms with E-state index in [9.17, 15) is 4.39 Å². The van der Waals surface area contributed by atoms with Crippen molar-refractivity contribution in [2.24, 2.45) is 0 Å². The molecule has 0 radical (unpaired) electrons. The zero-order chi connectivity index (χ0) is 19.1. The molecule has 0 saturated carbocycles. The van der Waals surface area contributed by atoms with Crippen molar-refractivity contribution in [1.29, 1.82) is 0 Å². The summed E-state index contributed by atoms with van der Waals surface area (Å²) in [5, 5.41) is 4.27. The first-order valence-electron chi connectivity index (χ1n) is 10.0. The lowest BCUT2D eigenvalue weighted by molar-refractivity contribution is 0.120. The third-order valence-electron chi connectivity index (χ3n) is 6.54. The highest BCUT2D eigenvalue weighted by Gasteiger charge is 2.48. The molecule has 0 aliphatic carbocycles. The minimum atomic E-state index is -0.195. The standard InChI is InChI=1S/C23H24FN3O/c1-27-18-11-12-20(27)22(19(14-18)16-7-9-17(24)10-8-16)23-25-21(26-28-23)13-15-5-3-2-4-6-15/h2-10,18-20,22H,11-14H2,1H3/t18?,19-,20-,22-/m1/s1. The number of rotatable bonds is 4. The van der Waals surface area contributed by atoms with Crippen LogP contribution in [0.4, 0.5) is 4.39 Å². The summed E-state index contributed by atoms with van der Waals surface area (Å²) in [6, 6.07) is 18.1. The molecule has 3 aromatic rings. The van der Waals surface area contributed by atoms with E-state index in [1.807, 2.05) is 30.3 Å². The van der Waals surface area contributed by atoms with Crippen LogP contribution < -0.4 is 0 Å². The van der Waals surface area contributed by atoms with Gasteiger partial charge in [-0.05, 0) is 55.5 Å². The van der Waals surface area contributed by atoms with Crippen LogP contribution in [-0.4, -0.2) is 34.2 Å². The van der Waals surface area contributed by atoms with Gasteiger partial charge in [-0.3, -0.25) is 4.90 Å². The second kappa shape index (κ2) is 7.13. The van der Waals surface area contributed by atoms with Gasteiger partial charge in [0.1, 0.15) is 5.82 Å². The Balaban J connectivity index is 1.47. The van der Waals surface area contributed by atoms with Crippen molar-refractivity contribution in [2.75, 3.05) is 7.05 Å². The molecule has 0 N–H and O–H groups in total. The fourth-order valence-electron chi connectivity index (χ4n) is 5.11. The van der Waals surface area contributed by atoms with Crippen LogP contribution >= 0.6 is 0 Å². The van der Waals surface area contributed by atoms with E-state index in [-0.39, 0.29) is 17.7 Å². The average Bonchev–Trinajstić information content (AvgIpc) is 3.25. The number of halogens is 1. The summed E-state index contributed by atoms with van der Waals surface area (Å²) in [5.74, 6) is 1.67. The number of benzene rings is 2. The van der Waals surface area contributed by atoms with Crippen molar-refractivity contribution in [3.63, 3.8) is 0 Å². The Morgan fingerprint density at radius 1 is 1.07 bits per heavy atom. The molecular formula is C23H24FN3O. The van der Waals surface area contributed by atoms with Gasteiger partial charge >= 0.3 is 0 Å². The fourth-order valence-corrected chi connectivity index (χ4v) is 5.11. The van der Waals surface area contributed by atoms with E-state index in [0.29, 0.717) is 18.5 Å². The van der Waals surface area contributed by atoms with E-state index in [4.69, 9.17) is 9.51 Å². The maximum Gasteiger partial charge on any atom is 0.231 e. The Bertz CT molecular complexity index is 940. The Labute approximate surface area is 164 Å². The summed E-state index contributed by atoms with van der Waals surface area (Å²) in [4.78, 5) is 7.27. The molecule has 2 aromatic carbocycles. The molecule has 5 heteroatoms. The molecule has 0 spiro atoms. The van der Waals surface area contributed by atoms with Crippen molar-refractivity contribution in [3.8, 4) is 0 Å². The van der Waals surface area contributed by atoms with E-state index >= 15 is 0 Å². The number of fused-ring (bicyclic) bond motifs is 2. The molecule has 2 aliphatic heterocycles. The summed E-state index contributed by atoms with van der Waals surface area (Å²) in [6.45, 7) is 0. The number of nitrogens with zero attached hydrogens (tertiary/aromatic N) is 3. The monoisotopic (exact) mass is 377 g/mol. The van der Waals surface area contributed by atoms with E-state index < -0.39 is 0 Å². The molecular weight excluding hydrogens is 353 g/mol. The molecule has 0 amide bonds. The predicted octanol–water partition coefficient (Wildman–Crippen LogP) is 4.53. The summed E-state index contributed by atoms with van der Waals surface area (Å²) in [7, 11) is 2.21. The van der Waals surface area contributed by atoms with Crippen molar-refractivity contribution >= 4 is 0 Å². The minimum Gasteiger partial charge on any atom is -0.339 e. The van der Waals surface area contributed by atoms with Gasteiger partial charge in [0.25, 0.3) is 0 Å². The summed E-state index contributed by atoms with van der Waals surface area (Å²) < 4.78 is 19.3. The molecule has 4 nitrogen and oxygen atoms in total. The number of hydrogen-bond acceptors (Lipinski definition) is 4. The normalized spacial score (nSPS) is 27.2. The van der Waals surface area contributed by atoms with Crippen LogP contribution in [0.25, 0.3) is 0 Å². The smallest absolute Gasteiger partial charge is 0.231 e. The van der Waals surface area contributed by atoms with Gasteiger partial charge in [-0.1, -0.05) is 47.6 Å². The lowest BCUT2D eigenvalue weighted by atomic mass is 9.76. The van der Waals surface area contributed by atoms with Crippen LogP contribution in [0.1, 0.15) is 53.9 Å². The van der Waals surface area contributed by atoms with Crippen LogP contribution in [0.15, 0.2) is 59.1 Å². The summed E-state index contributed by atoms with van der Waals surface area (Å²) in [5.41, 5.74) is 2.34. The van der Waals surface area contributed by atoms with Crippen molar-refractivity contribution in [3.05, 3.63) is 83.3 Å². The molecule has 1 aromatic heterocycles. The van der Waals surface area contributed by atoms with Gasteiger partial charge < -0.3 is 4.52 Å². The third kappa shape index (κ3) is 3.14. The van der Waals surface area contributed by atoms with E-state index in [2.05, 4.69) is 29.2 Å². The average molecular weight is 377 g/mol. The quantitative estimate of drug-likeness (QED) is 0.670. The second-order valence-corrected chi connectivity index (χ2v) is 8.09. The fraction of sp³-hybridized carbons (Fsp3) is 0.391. The number of likely N-dealkylation sites (N-methyl/N-ethyl adjacent to an activating group) is 1. The predicted molar refractivity (Wildman–Crippen MR) is 105 cm³/mol. The zero-order valence-corrected chi connectivity index (χ0v) is 16.0. The third-order valence-corrected chi connectivity index (χ3v) is 6.54. The second-order valence-electron chi connectivity index (χ2n) is 8.09. The number of aromatic nitrogens is 2. The van der Waals surface area contributed by atoms with Gasteiger partial charge in [-0.2, -0.15) is 4.98 Å². The largest absolute Gasteiger partial charge is 0.339 e. The molecule has 2 saturated heterocycles. The molecule has 2 fully saturated rings. The van der Waals surface area contributed by atoms with Gasteiger partial charge in [0.05, 0.1) is 5.92 Å². The topological polar surface area (TPSA) is 42.2 Å². The summed E-state index contributed by atoms with van der Waals surface area (Å²) >= 11 is 0. The van der Waals surface area contributed by atoms with E-state index in [0.717, 1.165) is 24.6 Å².